The lowest BCUT2D eigenvalue weighted by Gasteiger charge is -2.21. The van der Waals surface area contributed by atoms with E-state index in [9.17, 15) is 18.0 Å². The van der Waals surface area contributed by atoms with Crippen LogP contribution in [0.1, 0.15) is 29.0 Å². The van der Waals surface area contributed by atoms with Gasteiger partial charge in [-0.05, 0) is 25.8 Å². The number of hydrogen-bond donors (Lipinski definition) is 3. The molecule has 8 nitrogen and oxygen atoms in total. The quantitative estimate of drug-likeness (QED) is 0.742. The van der Waals surface area contributed by atoms with Gasteiger partial charge in [0.15, 0.2) is 0 Å². The third kappa shape index (κ3) is 3.24. The van der Waals surface area contributed by atoms with Gasteiger partial charge in [0.1, 0.15) is 11.7 Å². The summed E-state index contributed by atoms with van der Waals surface area (Å²) in [6.45, 7) is 1.97. The van der Waals surface area contributed by atoms with E-state index in [1.165, 1.54) is 6.07 Å². The summed E-state index contributed by atoms with van der Waals surface area (Å²) in [5.41, 5.74) is 0.615. The molecule has 2 heterocycles. The molecule has 1 atom stereocenters. The average Bonchev–Trinajstić information content (AvgIpc) is 2.94. The van der Waals surface area contributed by atoms with E-state index in [0.29, 0.717) is 25.1 Å². The van der Waals surface area contributed by atoms with E-state index in [1.54, 1.807) is 6.92 Å². The number of anilines is 1. The zero-order valence-corrected chi connectivity index (χ0v) is 12.5. The molecule has 0 aliphatic carbocycles. The van der Waals surface area contributed by atoms with Crippen molar-refractivity contribution in [2.45, 2.75) is 25.8 Å². The second-order valence-corrected chi connectivity index (χ2v) is 7.00. The highest BCUT2D eigenvalue weighted by Gasteiger charge is 2.36. The lowest BCUT2D eigenvalue weighted by atomic mass is 10.2. The molecule has 2 rings (SSSR count). The topological polar surface area (TPSA) is 120 Å². The van der Waals surface area contributed by atoms with Crippen molar-refractivity contribution < 1.29 is 23.1 Å². The molecule has 1 aliphatic heterocycles. The molecule has 1 aromatic rings. The molecule has 116 valence electrons. The zero-order chi connectivity index (χ0) is 15.8. The Morgan fingerprint density at radius 1 is 1.48 bits per heavy atom. The molecule has 3 N–H and O–H groups in total. The summed E-state index contributed by atoms with van der Waals surface area (Å²) in [5, 5.41) is 11.5. The fourth-order valence-corrected chi connectivity index (χ4v) is 3.60. The molecule has 1 aliphatic rings. The van der Waals surface area contributed by atoms with Crippen molar-refractivity contribution >= 4 is 27.6 Å². The van der Waals surface area contributed by atoms with Crippen molar-refractivity contribution in [2.75, 3.05) is 18.1 Å². The van der Waals surface area contributed by atoms with Gasteiger partial charge < -0.3 is 15.4 Å². The van der Waals surface area contributed by atoms with Gasteiger partial charge >= 0.3 is 5.97 Å². The molecule has 0 spiro atoms. The summed E-state index contributed by atoms with van der Waals surface area (Å²) >= 11 is 0. The molecular weight excluding hydrogens is 298 g/mol. The van der Waals surface area contributed by atoms with Crippen LogP contribution in [-0.2, 0) is 14.8 Å². The highest BCUT2D eigenvalue weighted by molar-refractivity contribution is 7.88. The summed E-state index contributed by atoms with van der Waals surface area (Å²) in [6.07, 6.45) is 2.08. The van der Waals surface area contributed by atoms with Crippen molar-refractivity contribution in [3.8, 4) is 0 Å². The zero-order valence-electron chi connectivity index (χ0n) is 11.7. The Morgan fingerprint density at radius 2 is 2.14 bits per heavy atom. The van der Waals surface area contributed by atoms with Crippen LogP contribution in [0.4, 0.5) is 5.69 Å². The van der Waals surface area contributed by atoms with E-state index in [4.69, 9.17) is 5.11 Å². The van der Waals surface area contributed by atoms with Gasteiger partial charge in [-0.3, -0.25) is 4.79 Å². The van der Waals surface area contributed by atoms with Crippen LogP contribution >= 0.6 is 0 Å². The van der Waals surface area contributed by atoms with Crippen molar-refractivity contribution in [3.05, 3.63) is 17.5 Å². The minimum Gasteiger partial charge on any atom is -0.477 e. The number of sulfonamides is 1. The first-order valence-electron chi connectivity index (χ1n) is 6.40. The molecular formula is C12H17N3O5S. The van der Waals surface area contributed by atoms with Crippen LogP contribution in [0.3, 0.4) is 0 Å². The number of aromatic nitrogens is 1. The maximum atomic E-state index is 12.2. The van der Waals surface area contributed by atoms with Gasteiger partial charge in [0.25, 0.3) is 0 Å². The Balaban J connectivity index is 2.20. The summed E-state index contributed by atoms with van der Waals surface area (Å²) in [4.78, 5) is 25.9. The molecule has 1 amide bonds. The monoisotopic (exact) mass is 315 g/mol. The molecule has 21 heavy (non-hydrogen) atoms. The SMILES string of the molecule is Cc1cc(NC(=O)C2CCCN2S(C)(=O)=O)c(C(=O)O)[nH]1. The lowest BCUT2D eigenvalue weighted by molar-refractivity contribution is -0.119. The fraction of sp³-hybridized carbons (Fsp3) is 0.500. The highest BCUT2D eigenvalue weighted by Crippen LogP contribution is 2.23. The first-order valence-corrected chi connectivity index (χ1v) is 8.25. The van der Waals surface area contributed by atoms with E-state index in [1.807, 2.05) is 0 Å². The highest BCUT2D eigenvalue weighted by atomic mass is 32.2. The third-order valence-corrected chi connectivity index (χ3v) is 4.65. The molecule has 9 heteroatoms. The summed E-state index contributed by atoms with van der Waals surface area (Å²) in [6, 6.07) is 0.706. The van der Waals surface area contributed by atoms with Gasteiger partial charge in [0.05, 0.1) is 11.9 Å². The van der Waals surface area contributed by atoms with Crippen molar-refractivity contribution in [2.24, 2.45) is 0 Å². The van der Waals surface area contributed by atoms with Crippen LogP contribution in [0.15, 0.2) is 6.07 Å². The average molecular weight is 315 g/mol. The number of carboxylic acids is 1. The van der Waals surface area contributed by atoms with E-state index >= 15 is 0 Å². The Morgan fingerprint density at radius 3 is 2.71 bits per heavy atom. The number of carbonyl (C=O) groups excluding carboxylic acids is 1. The van der Waals surface area contributed by atoms with E-state index in [2.05, 4.69) is 10.3 Å². The number of aryl methyl sites for hydroxylation is 1. The maximum Gasteiger partial charge on any atom is 0.354 e. The van der Waals surface area contributed by atoms with Crippen molar-refractivity contribution in [1.29, 1.82) is 0 Å². The normalized spacial score (nSPS) is 19.6. The first kappa shape index (κ1) is 15.5. The number of amides is 1. The smallest absolute Gasteiger partial charge is 0.354 e. The molecule has 1 aromatic heterocycles. The predicted molar refractivity (Wildman–Crippen MR) is 75.7 cm³/mol. The van der Waals surface area contributed by atoms with E-state index in [-0.39, 0.29) is 11.4 Å². The number of aromatic amines is 1. The molecule has 1 saturated heterocycles. The molecule has 1 fully saturated rings. The van der Waals surface area contributed by atoms with Crippen molar-refractivity contribution in [3.63, 3.8) is 0 Å². The maximum absolute atomic E-state index is 12.2. The van der Waals surface area contributed by atoms with Gasteiger partial charge in [0, 0.05) is 12.2 Å². The van der Waals surface area contributed by atoms with E-state index in [0.717, 1.165) is 10.6 Å². The van der Waals surface area contributed by atoms with Gasteiger partial charge in [-0.15, -0.1) is 0 Å². The molecule has 1 unspecified atom stereocenters. The molecule has 0 aromatic carbocycles. The Bertz CT molecular complexity index is 679. The number of nitrogens with zero attached hydrogens (tertiary/aromatic N) is 1. The minimum absolute atomic E-state index is 0.121. The Hall–Kier alpha value is -1.87. The number of H-pyrrole nitrogens is 1. The standard InChI is InChI=1S/C12H17N3O5S/c1-7-6-8(10(13-7)12(17)18)14-11(16)9-4-3-5-15(9)21(2,19)20/h6,9,13H,3-5H2,1-2H3,(H,14,16)(H,17,18). The molecule has 0 radical (unpaired) electrons. The Labute approximate surface area is 122 Å². The summed E-state index contributed by atoms with van der Waals surface area (Å²) in [7, 11) is -3.46. The van der Waals surface area contributed by atoms with Crippen LogP contribution in [0, 0.1) is 6.92 Å². The van der Waals surface area contributed by atoms with Crippen LogP contribution in [-0.4, -0.2) is 53.5 Å². The van der Waals surface area contributed by atoms with Gasteiger partial charge in [-0.2, -0.15) is 4.31 Å². The van der Waals surface area contributed by atoms with Crippen LogP contribution in [0.2, 0.25) is 0 Å². The predicted octanol–water partition coefficient (Wildman–Crippen LogP) is 0.384. The van der Waals surface area contributed by atoms with Gasteiger partial charge in [-0.1, -0.05) is 0 Å². The number of nitrogens with one attached hydrogen (secondary N) is 2. The summed E-state index contributed by atoms with van der Waals surface area (Å²) in [5.74, 6) is -1.70. The minimum atomic E-state index is -3.46. The largest absolute Gasteiger partial charge is 0.477 e. The second kappa shape index (κ2) is 5.49. The third-order valence-electron chi connectivity index (χ3n) is 3.36. The van der Waals surface area contributed by atoms with Gasteiger partial charge in [-0.25, -0.2) is 13.2 Å². The summed E-state index contributed by atoms with van der Waals surface area (Å²) < 4.78 is 24.4. The number of aromatic carboxylic acids is 1. The number of rotatable bonds is 4. The fourth-order valence-electron chi connectivity index (χ4n) is 2.47. The van der Waals surface area contributed by atoms with Crippen LogP contribution in [0.25, 0.3) is 0 Å². The van der Waals surface area contributed by atoms with Crippen LogP contribution < -0.4 is 5.32 Å². The Kier molecular flexibility index (Phi) is 4.06. The number of carbonyl (C=O) groups is 2. The van der Waals surface area contributed by atoms with E-state index < -0.39 is 27.9 Å². The van der Waals surface area contributed by atoms with Crippen molar-refractivity contribution in [1.82, 2.24) is 9.29 Å². The second-order valence-electron chi connectivity index (χ2n) is 5.07. The van der Waals surface area contributed by atoms with Crippen LogP contribution in [0.5, 0.6) is 0 Å². The lowest BCUT2D eigenvalue weighted by Crippen LogP contribution is -2.42. The molecule has 0 saturated carbocycles. The van der Waals surface area contributed by atoms with Gasteiger partial charge in [0.2, 0.25) is 15.9 Å². The number of carboxylic acid groups (broad SMARTS) is 1. The number of hydrogen-bond acceptors (Lipinski definition) is 4. The molecule has 0 bridgehead atoms. The first-order chi connectivity index (χ1) is 9.70.